The summed E-state index contributed by atoms with van der Waals surface area (Å²) in [5, 5.41) is 26.5. The second-order valence-electron chi connectivity index (χ2n) is 6.71. The van der Waals surface area contributed by atoms with E-state index in [1.54, 1.807) is 14.0 Å². The molecule has 1 aliphatic carbocycles. The number of aliphatic hydroxyl groups excluding tert-OH is 2. The lowest BCUT2D eigenvalue weighted by molar-refractivity contribution is 0.0717. The molecule has 2 aromatic rings. The fourth-order valence-corrected chi connectivity index (χ4v) is 2.55. The highest BCUT2D eigenvalue weighted by Crippen LogP contribution is 2.33. The van der Waals surface area contributed by atoms with Gasteiger partial charge in [0.05, 0.1) is 36.3 Å². The van der Waals surface area contributed by atoms with Crippen LogP contribution in [0.25, 0.3) is 10.9 Å². The quantitative estimate of drug-likeness (QED) is 0.697. The van der Waals surface area contributed by atoms with Crippen LogP contribution < -0.4 is 10.1 Å². The fraction of sp³-hybridized carbons (Fsp3) is 0.529. The van der Waals surface area contributed by atoms with Crippen LogP contribution in [0.5, 0.6) is 5.75 Å². The summed E-state index contributed by atoms with van der Waals surface area (Å²) in [5.41, 5.74) is -0.0764. The minimum atomic E-state index is -1.10. The number of carbonyl (C=O) groups is 1. The second-order valence-corrected chi connectivity index (χ2v) is 6.71. The van der Waals surface area contributed by atoms with E-state index in [4.69, 9.17) is 4.74 Å². The number of rotatable bonds is 7. The van der Waals surface area contributed by atoms with Crippen LogP contribution in [0.3, 0.4) is 0 Å². The zero-order valence-electron chi connectivity index (χ0n) is 14.0. The topological polar surface area (TPSA) is 96.6 Å². The first-order chi connectivity index (χ1) is 11.5. The van der Waals surface area contributed by atoms with Crippen LogP contribution in [0.2, 0.25) is 0 Å². The molecule has 7 heteroatoms. The summed E-state index contributed by atoms with van der Waals surface area (Å²) in [5.74, 6) is 0.821. The minimum absolute atomic E-state index is 0.351. The van der Waals surface area contributed by atoms with Crippen molar-refractivity contribution in [2.45, 2.75) is 25.3 Å². The maximum atomic E-state index is 12.7. The van der Waals surface area contributed by atoms with Crippen LogP contribution in [0, 0.1) is 5.92 Å². The number of aryl methyl sites for hydroxylation is 1. The van der Waals surface area contributed by atoms with Crippen molar-refractivity contribution in [2.24, 2.45) is 13.0 Å². The van der Waals surface area contributed by atoms with Crippen molar-refractivity contribution in [3.8, 4) is 5.75 Å². The normalized spacial score (nSPS) is 14.8. The molecular weight excluding hydrogens is 310 g/mol. The van der Waals surface area contributed by atoms with Crippen LogP contribution in [0.1, 0.15) is 30.3 Å². The van der Waals surface area contributed by atoms with Crippen molar-refractivity contribution in [1.29, 1.82) is 0 Å². The summed E-state index contributed by atoms with van der Waals surface area (Å²) >= 11 is 0. The Bertz CT molecular complexity index is 748. The van der Waals surface area contributed by atoms with Gasteiger partial charge in [-0.15, -0.1) is 0 Å². The lowest BCUT2D eigenvalue weighted by atomic mass is 10.0. The number of nitrogens with zero attached hydrogens (tertiary/aromatic N) is 2. The molecule has 1 fully saturated rings. The van der Waals surface area contributed by atoms with E-state index in [1.807, 2.05) is 18.2 Å². The van der Waals surface area contributed by atoms with Crippen LogP contribution in [-0.4, -0.2) is 51.3 Å². The van der Waals surface area contributed by atoms with Crippen LogP contribution >= 0.6 is 0 Å². The molecule has 24 heavy (non-hydrogen) atoms. The number of amides is 1. The monoisotopic (exact) mass is 333 g/mol. The molecule has 1 heterocycles. The highest BCUT2D eigenvalue weighted by molar-refractivity contribution is 6.07. The molecule has 0 saturated heterocycles. The van der Waals surface area contributed by atoms with Crippen molar-refractivity contribution >= 4 is 16.8 Å². The SMILES string of the molecule is Cn1nc2cccc(OCC3CC3)c2c1C(=O)NC(C)(CO)CO. The molecule has 1 saturated carbocycles. The van der Waals surface area contributed by atoms with E-state index >= 15 is 0 Å². The maximum absolute atomic E-state index is 12.7. The number of aliphatic hydroxyl groups is 2. The Labute approximate surface area is 140 Å². The van der Waals surface area contributed by atoms with Crippen molar-refractivity contribution in [3.63, 3.8) is 0 Å². The van der Waals surface area contributed by atoms with E-state index < -0.39 is 11.4 Å². The smallest absolute Gasteiger partial charge is 0.270 e. The summed E-state index contributed by atoms with van der Waals surface area (Å²) < 4.78 is 7.40. The Morgan fingerprint density at radius 2 is 2.12 bits per heavy atom. The van der Waals surface area contributed by atoms with Crippen molar-refractivity contribution in [1.82, 2.24) is 15.1 Å². The lowest BCUT2D eigenvalue weighted by Crippen LogP contribution is -2.52. The van der Waals surface area contributed by atoms with Gasteiger partial charge in [0.1, 0.15) is 11.4 Å². The number of hydrogen-bond donors (Lipinski definition) is 3. The Morgan fingerprint density at radius 3 is 2.75 bits per heavy atom. The van der Waals surface area contributed by atoms with Crippen LogP contribution in [0.4, 0.5) is 0 Å². The predicted molar refractivity (Wildman–Crippen MR) is 89.0 cm³/mol. The van der Waals surface area contributed by atoms with Gasteiger partial charge in [-0.2, -0.15) is 5.10 Å². The molecule has 0 atom stereocenters. The van der Waals surface area contributed by atoms with E-state index in [-0.39, 0.29) is 13.2 Å². The fourth-order valence-electron chi connectivity index (χ4n) is 2.55. The zero-order chi connectivity index (χ0) is 17.3. The molecule has 1 amide bonds. The van der Waals surface area contributed by atoms with Crippen molar-refractivity contribution < 1.29 is 19.7 Å². The first kappa shape index (κ1) is 16.7. The number of benzene rings is 1. The van der Waals surface area contributed by atoms with Gasteiger partial charge < -0.3 is 20.3 Å². The Morgan fingerprint density at radius 1 is 1.42 bits per heavy atom. The number of nitrogens with one attached hydrogen (secondary N) is 1. The molecule has 3 N–H and O–H groups in total. The van der Waals surface area contributed by atoms with E-state index in [2.05, 4.69) is 10.4 Å². The molecular formula is C17H23N3O4. The van der Waals surface area contributed by atoms with Gasteiger partial charge in [-0.25, -0.2) is 0 Å². The van der Waals surface area contributed by atoms with Gasteiger partial charge in [-0.1, -0.05) is 6.07 Å². The standard InChI is InChI=1S/C17H23N3O4/c1-17(9-21,10-22)18-16(23)15-14-12(19-20(15)2)4-3-5-13(14)24-8-11-6-7-11/h3-5,11,21-22H,6-10H2,1-2H3,(H,18,23). The molecule has 0 spiro atoms. The van der Waals surface area contributed by atoms with Crippen molar-refractivity contribution in [3.05, 3.63) is 23.9 Å². The Balaban J connectivity index is 1.96. The number of hydrogen-bond acceptors (Lipinski definition) is 5. The number of fused-ring (bicyclic) bond motifs is 1. The average Bonchev–Trinajstić information content (AvgIpc) is 3.33. The van der Waals surface area contributed by atoms with Crippen molar-refractivity contribution in [2.75, 3.05) is 19.8 Å². The molecule has 130 valence electrons. The summed E-state index contributed by atoms with van der Waals surface area (Å²) in [7, 11) is 1.69. The Kier molecular flexibility index (Phi) is 4.47. The highest BCUT2D eigenvalue weighted by Gasteiger charge is 2.29. The first-order valence-corrected chi connectivity index (χ1v) is 8.10. The third kappa shape index (κ3) is 3.22. The van der Waals surface area contributed by atoms with Gasteiger partial charge in [-0.3, -0.25) is 9.48 Å². The lowest BCUT2D eigenvalue weighted by Gasteiger charge is -2.26. The maximum Gasteiger partial charge on any atom is 0.270 e. The molecule has 1 aliphatic rings. The Hall–Kier alpha value is -2.12. The average molecular weight is 333 g/mol. The van der Waals surface area contributed by atoms with E-state index in [0.717, 1.165) is 0 Å². The first-order valence-electron chi connectivity index (χ1n) is 8.10. The number of aromatic nitrogens is 2. The van der Waals surface area contributed by atoms with Gasteiger partial charge in [0.25, 0.3) is 5.91 Å². The molecule has 1 aromatic heterocycles. The molecule has 3 rings (SSSR count). The molecule has 0 bridgehead atoms. The van der Waals surface area contributed by atoms with Gasteiger partial charge >= 0.3 is 0 Å². The van der Waals surface area contributed by atoms with Crippen LogP contribution in [0.15, 0.2) is 18.2 Å². The molecule has 7 nitrogen and oxygen atoms in total. The summed E-state index contributed by atoms with van der Waals surface area (Å²) in [6.45, 7) is 1.49. The highest BCUT2D eigenvalue weighted by atomic mass is 16.5. The summed E-state index contributed by atoms with van der Waals surface area (Å²) in [6.07, 6.45) is 2.36. The predicted octanol–water partition coefficient (Wildman–Crippen LogP) is 0.835. The molecule has 0 aliphatic heterocycles. The number of ether oxygens (including phenoxy) is 1. The second kappa shape index (κ2) is 6.41. The molecule has 0 radical (unpaired) electrons. The molecule has 0 unspecified atom stereocenters. The van der Waals surface area contributed by atoms with Crippen LogP contribution in [-0.2, 0) is 7.05 Å². The zero-order valence-corrected chi connectivity index (χ0v) is 14.0. The van der Waals surface area contributed by atoms with E-state index in [9.17, 15) is 15.0 Å². The van der Waals surface area contributed by atoms with Gasteiger partial charge in [0, 0.05) is 7.05 Å². The molecule has 1 aromatic carbocycles. The summed E-state index contributed by atoms with van der Waals surface area (Å²) in [6, 6.07) is 5.51. The minimum Gasteiger partial charge on any atom is -0.493 e. The van der Waals surface area contributed by atoms with E-state index in [1.165, 1.54) is 17.5 Å². The third-order valence-corrected chi connectivity index (χ3v) is 4.32. The number of carbonyl (C=O) groups excluding carboxylic acids is 1. The van der Waals surface area contributed by atoms with E-state index in [0.29, 0.717) is 34.9 Å². The largest absolute Gasteiger partial charge is 0.493 e. The van der Waals surface area contributed by atoms with Gasteiger partial charge in [-0.05, 0) is 37.8 Å². The van der Waals surface area contributed by atoms with Gasteiger partial charge in [0.2, 0.25) is 0 Å². The third-order valence-electron chi connectivity index (χ3n) is 4.32. The summed E-state index contributed by atoms with van der Waals surface area (Å²) in [4.78, 5) is 12.7. The van der Waals surface area contributed by atoms with Gasteiger partial charge in [0.15, 0.2) is 0 Å².